The van der Waals surface area contributed by atoms with Crippen molar-refractivity contribution in [2.24, 2.45) is 17.6 Å². The maximum Gasteiger partial charge on any atom is 0.434 e. The highest BCUT2D eigenvalue weighted by molar-refractivity contribution is 5.36. The van der Waals surface area contributed by atoms with E-state index in [1.165, 1.54) is 25.5 Å². The molecule has 0 aromatic carbocycles. The van der Waals surface area contributed by atoms with Crippen LogP contribution in [0, 0.1) is 11.8 Å². The minimum absolute atomic E-state index is 0.306. The molecular weight excluding hydrogens is 317 g/mol. The zero-order chi connectivity index (χ0) is 17.2. The lowest BCUT2D eigenvalue weighted by molar-refractivity contribution is -0.141. The predicted molar refractivity (Wildman–Crippen MR) is 86.5 cm³/mol. The monoisotopic (exact) mass is 342 g/mol. The van der Waals surface area contributed by atoms with E-state index in [1.54, 1.807) is 0 Å². The Balaban J connectivity index is 1.60. The van der Waals surface area contributed by atoms with E-state index in [-0.39, 0.29) is 0 Å². The Bertz CT molecular complexity index is 532. The van der Waals surface area contributed by atoms with E-state index in [0.29, 0.717) is 23.7 Å². The third kappa shape index (κ3) is 4.18. The highest BCUT2D eigenvalue weighted by atomic mass is 19.4. The van der Waals surface area contributed by atoms with Gasteiger partial charge in [0.25, 0.3) is 0 Å². The van der Waals surface area contributed by atoms with Gasteiger partial charge in [0.1, 0.15) is 5.82 Å². The largest absolute Gasteiger partial charge is 0.434 e. The molecule has 2 N–H and O–H groups in total. The minimum Gasteiger partial charge on any atom is -0.355 e. The van der Waals surface area contributed by atoms with E-state index in [4.69, 9.17) is 5.73 Å². The molecule has 4 nitrogen and oxygen atoms in total. The third-order valence-electron chi connectivity index (χ3n) is 5.38. The summed E-state index contributed by atoms with van der Waals surface area (Å²) in [5.74, 6) is 1.67. The molecule has 134 valence electrons. The molecule has 7 heteroatoms. The average molecular weight is 342 g/mol. The second-order valence-electron chi connectivity index (χ2n) is 7.16. The summed E-state index contributed by atoms with van der Waals surface area (Å²) < 4.78 is 37.8. The average Bonchev–Trinajstić information content (AvgIpc) is 2.57. The topological polar surface area (TPSA) is 55.0 Å². The molecular formula is C17H25F3N4. The summed E-state index contributed by atoms with van der Waals surface area (Å²) in [5, 5.41) is 0. The van der Waals surface area contributed by atoms with Gasteiger partial charge in [0, 0.05) is 19.1 Å². The Kier molecular flexibility index (Phi) is 5.27. The maximum atomic E-state index is 12.6. The fraction of sp³-hybridized carbons (Fsp3) is 0.765. The number of halogens is 3. The minimum atomic E-state index is -4.44. The molecule has 0 amide bonds. The van der Waals surface area contributed by atoms with Gasteiger partial charge in [0.2, 0.25) is 0 Å². The number of hydrogen-bond acceptors (Lipinski definition) is 4. The molecule has 2 fully saturated rings. The van der Waals surface area contributed by atoms with Gasteiger partial charge < -0.3 is 10.6 Å². The lowest BCUT2D eigenvalue weighted by atomic mass is 9.78. The molecule has 0 radical (unpaired) electrons. The number of anilines is 1. The molecule has 0 bridgehead atoms. The Morgan fingerprint density at radius 1 is 1.08 bits per heavy atom. The van der Waals surface area contributed by atoms with Crippen molar-refractivity contribution >= 4 is 5.82 Å². The van der Waals surface area contributed by atoms with Crippen LogP contribution in [0.3, 0.4) is 0 Å². The molecule has 1 aromatic heterocycles. The van der Waals surface area contributed by atoms with E-state index in [1.807, 2.05) is 0 Å². The van der Waals surface area contributed by atoms with Crippen molar-refractivity contribution < 1.29 is 13.2 Å². The Morgan fingerprint density at radius 2 is 1.88 bits per heavy atom. The molecule has 2 heterocycles. The number of nitrogens with two attached hydrogens (primary N) is 1. The van der Waals surface area contributed by atoms with Gasteiger partial charge in [-0.1, -0.05) is 12.8 Å². The van der Waals surface area contributed by atoms with Gasteiger partial charge >= 0.3 is 6.18 Å². The van der Waals surface area contributed by atoms with Gasteiger partial charge in [-0.2, -0.15) is 13.2 Å². The van der Waals surface area contributed by atoms with Crippen LogP contribution < -0.4 is 10.6 Å². The summed E-state index contributed by atoms with van der Waals surface area (Å²) in [6.07, 6.45) is 5.77. The van der Waals surface area contributed by atoms with Crippen molar-refractivity contribution in [2.75, 3.05) is 18.0 Å². The molecule has 1 aliphatic carbocycles. The molecule has 1 aliphatic heterocycles. The first-order valence-corrected chi connectivity index (χ1v) is 8.83. The number of nitrogens with zero attached hydrogens (tertiary/aromatic N) is 3. The fourth-order valence-electron chi connectivity index (χ4n) is 4.05. The molecule has 2 aliphatic rings. The lowest BCUT2D eigenvalue weighted by Gasteiger charge is -2.37. The number of piperidine rings is 1. The molecule has 1 aromatic rings. The standard InChI is InChI=1S/C17H25F3N4/c18-17(19,20)15-9-23-16(10-22-15)24-7-3-4-12(11-24)8-13-5-1-2-6-14(13)21/h9-10,12-14H,1-8,11,21H2/t12-,13+,14-/m1/s1. The first kappa shape index (κ1) is 17.5. The van der Waals surface area contributed by atoms with Crippen LogP contribution in [0.5, 0.6) is 0 Å². The SMILES string of the molecule is N[C@@H]1CCCC[C@H]1C[C@H]1CCCN(c2cnc(C(F)(F)F)cn2)C1. The van der Waals surface area contributed by atoms with Gasteiger partial charge in [0.05, 0.1) is 12.4 Å². The van der Waals surface area contributed by atoms with Gasteiger partial charge in [-0.05, 0) is 43.9 Å². The van der Waals surface area contributed by atoms with Gasteiger partial charge in [-0.3, -0.25) is 0 Å². The Morgan fingerprint density at radius 3 is 2.54 bits per heavy atom. The van der Waals surface area contributed by atoms with Crippen molar-refractivity contribution in [1.82, 2.24) is 9.97 Å². The molecule has 24 heavy (non-hydrogen) atoms. The summed E-state index contributed by atoms with van der Waals surface area (Å²) in [5.41, 5.74) is 5.32. The van der Waals surface area contributed by atoms with Crippen molar-refractivity contribution in [3.05, 3.63) is 18.1 Å². The van der Waals surface area contributed by atoms with Crippen molar-refractivity contribution in [3.63, 3.8) is 0 Å². The van der Waals surface area contributed by atoms with E-state index < -0.39 is 11.9 Å². The van der Waals surface area contributed by atoms with Crippen LogP contribution in [0.2, 0.25) is 0 Å². The van der Waals surface area contributed by atoms with Crippen LogP contribution >= 0.6 is 0 Å². The van der Waals surface area contributed by atoms with E-state index in [9.17, 15) is 13.2 Å². The smallest absolute Gasteiger partial charge is 0.355 e. The molecule has 0 unspecified atom stereocenters. The highest BCUT2D eigenvalue weighted by Crippen LogP contribution is 2.33. The Labute approximate surface area is 140 Å². The molecule has 0 spiro atoms. The number of aromatic nitrogens is 2. The number of alkyl halides is 3. The van der Waals surface area contributed by atoms with Gasteiger partial charge in [-0.25, -0.2) is 9.97 Å². The van der Waals surface area contributed by atoms with Crippen LogP contribution in [0.4, 0.5) is 19.0 Å². The highest BCUT2D eigenvalue weighted by Gasteiger charge is 2.33. The third-order valence-corrected chi connectivity index (χ3v) is 5.38. The quantitative estimate of drug-likeness (QED) is 0.911. The molecule has 3 atom stereocenters. The fourth-order valence-corrected chi connectivity index (χ4v) is 4.05. The van der Waals surface area contributed by atoms with Crippen LogP contribution in [0.25, 0.3) is 0 Å². The normalized spacial score (nSPS) is 28.8. The van der Waals surface area contributed by atoms with Crippen LogP contribution in [0.15, 0.2) is 12.4 Å². The summed E-state index contributed by atoms with van der Waals surface area (Å²) in [6.45, 7) is 1.66. The summed E-state index contributed by atoms with van der Waals surface area (Å²) in [4.78, 5) is 9.58. The van der Waals surface area contributed by atoms with E-state index in [0.717, 1.165) is 45.0 Å². The predicted octanol–water partition coefficient (Wildman–Crippen LogP) is 3.62. The number of hydrogen-bond donors (Lipinski definition) is 1. The van der Waals surface area contributed by atoms with Crippen LogP contribution in [-0.2, 0) is 6.18 Å². The van der Waals surface area contributed by atoms with E-state index in [2.05, 4.69) is 14.9 Å². The summed E-state index contributed by atoms with van der Waals surface area (Å²) in [7, 11) is 0. The number of rotatable bonds is 3. The summed E-state index contributed by atoms with van der Waals surface area (Å²) >= 11 is 0. The second kappa shape index (κ2) is 7.25. The van der Waals surface area contributed by atoms with Crippen molar-refractivity contribution in [3.8, 4) is 0 Å². The first-order valence-electron chi connectivity index (χ1n) is 8.83. The van der Waals surface area contributed by atoms with Gasteiger partial charge in [-0.15, -0.1) is 0 Å². The van der Waals surface area contributed by atoms with Gasteiger partial charge in [0.15, 0.2) is 5.69 Å². The first-order chi connectivity index (χ1) is 11.4. The Hall–Kier alpha value is -1.37. The second-order valence-corrected chi connectivity index (χ2v) is 7.16. The summed E-state index contributed by atoms with van der Waals surface area (Å²) in [6, 6.07) is 0.306. The van der Waals surface area contributed by atoms with E-state index >= 15 is 0 Å². The molecule has 3 rings (SSSR count). The van der Waals surface area contributed by atoms with Crippen molar-refractivity contribution in [2.45, 2.75) is 57.2 Å². The van der Waals surface area contributed by atoms with Crippen molar-refractivity contribution in [1.29, 1.82) is 0 Å². The zero-order valence-electron chi connectivity index (χ0n) is 13.8. The molecule has 1 saturated heterocycles. The lowest BCUT2D eigenvalue weighted by Crippen LogP contribution is -2.40. The van der Waals surface area contributed by atoms with Crippen LogP contribution in [0.1, 0.15) is 50.6 Å². The van der Waals surface area contributed by atoms with Crippen LogP contribution in [-0.4, -0.2) is 29.1 Å². The molecule has 1 saturated carbocycles. The zero-order valence-corrected chi connectivity index (χ0v) is 13.8. The maximum absolute atomic E-state index is 12.6.